The predicted octanol–water partition coefficient (Wildman–Crippen LogP) is 1.39. The third-order valence-electron chi connectivity index (χ3n) is 3.15. The van der Waals surface area contributed by atoms with Crippen molar-refractivity contribution in [1.82, 2.24) is 5.32 Å². The molecule has 2 N–H and O–H groups in total. The molecule has 3 heteroatoms. The Morgan fingerprint density at radius 1 is 1.08 bits per heavy atom. The standard InChI is InChI=1S/C10H19NOS/c12-10-3-1-2-9(10)11-8-4-6-13-7-5-8/h8-12H,1-7H2/t9-,10-/m0/s1. The van der Waals surface area contributed by atoms with Gasteiger partial charge < -0.3 is 10.4 Å². The topological polar surface area (TPSA) is 32.3 Å². The first kappa shape index (κ1) is 9.81. The first-order valence-corrected chi connectivity index (χ1v) is 6.53. The van der Waals surface area contributed by atoms with Gasteiger partial charge in [-0.05, 0) is 43.6 Å². The summed E-state index contributed by atoms with van der Waals surface area (Å²) < 4.78 is 0. The van der Waals surface area contributed by atoms with Crippen LogP contribution in [0.1, 0.15) is 32.1 Å². The van der Waals surface area contributed by atoms with Crippen molar-refractivity contribution in [2.45, 2.75) is 50.3 Å². The zero-order chi connectivity index (χ0) is 9.10. The number of aliphatic hydroxyl groups excluding tert-OH is 1. The molecule has 1 saturated heterocycles. The van der Waals surface area contributed by atoms with Gasteiger partial charge in [0.15, 0.2) is 0 Å². The fourth-order valence-corrected chi connectivity index (χ4v) is 3.41. The van der Waals surface area contributed by atoms with E-state index in [2.05, 4.69) is 17.1 Å². The van der Waals surface area contributed by atoms with Crippen molar-refractivity contribution in [3.05, 3.63) is 0 Å². The molecule has 1 aliphatic heterocycles. The highest BCUT2D eigenvalue weighted by molar-refractivity contribution is 7.99. The molecule has 0 amide bonds. The lowest BCUT2D eigenvalue weighted by Gasteiger charge is -2.27. The van der Waals surface area contributed by atoms with E-state index in [9.17, 15) is 5.11 Å². The molecule has 0 aromatic heterocycles. The Bertz CT molecular complexity index is 159. The zero-order valence-corrected chi connectivity index (χ0v) is 8.85. The van der Waals surface area contributed by atoms with Crippen LogP contribution in [-0.2, 0) is 0 Å². The van der Waals surface area contributed by atoms with Crippen molar-refractivity contribution in [3.63, 3.8) is 0 Å². The molecule has 2 aliphatic rings. The van der Waals surface area contributed by atoms with Crippen LogP contribution in [0.15, 0.2) is 0 Å². The summed E-state index contributed by atoms with van der Waals surface area (Å²) in [4.78, 5) is 0. The van der Waals surface area contributed by atoms with E-state index >= 15 is 0 Å². The van der Waals surface area contributed by atoms with Gasteiger partial charge in [-0.3, -0.25) is 0 Å². The second kappa shape index (κ2) is 4.67. The number of rotatable bonds is 2. The monoisotopic (exact) mass is 201 g/mol. The van der Waals surface area contributed by atoms with Gasteiger partial charge in [0, 0.05) is 12.1 Å². The van der Waals surface area contributed by atoms with E-state index < -0.39 is 0 Å². The lowest BCUT2D eigenvalue weighted by molar-refractivity contribution is 0.141. The Kier molecular flexibility index (Phi) is 3.52. The van der Waals surface area contributed by atoms with E-state index in [1.54, 1.807) is 0 Å². The van der Waals surface area contributed by atoms with Gasteiger partial charge in [-0.1, -0.05) is 0 Å². The molecule has 0 spiro atoms. The fourth-order valence-electron chi connectivity index (χ4n) is 2.30. The van der Waals surface area contributed by atoms with Crippen LogP contribution in [0.5, 0.6) is 0 Å². The van der Waals surface area contributed by atoms with Gasteiger partial charge in [-0.2, -0.15) is 11.8 Å². The van der Waals surface area contributed by atoms with Gasteiger partial charge in [0.05, 0.1) is 6.10 Å². The average molecular weight is 201 g/mol. The molecule has 2 fully saturated rings. The normalized spacial score (nSPS) is 36.7. The SMILES string of the molecule is O[C@H]1CCC[C@@H]1NC1CCSCC1. The molecule has 13 heavy (non-hydrogen) atoms. The molecule has 2 rings (SSSR count). The lowest BCUT2D eigenvalue weighted by Crippen LogP contribution is -2.44. The predicted molar refractivity (Wildman–Crippen MR) is 57.1 cm³/mol. The van der Waals surface area contributed by atoms with Crippen LogP contribution in [0.3, 0.4) is 0 Å². The van der Waals surface area contributed by atoms with Crippen LogP contribution in [0.4, 0.5) is 0 Å². The van der Waals surface area contributed by atoms with Gasteiger partial charge in [0.2, 0.25) is 0 Å². The van der Waals surface area contributed by atoms with Gasteiger partial charge in [-0.15, -0.1) is 0 Å². The van der Waals surface area contributed by atoms with Gasteiger partial charge in [0.1, 0.15) is 0 Å². The summed E-state index contributed by atoms with van der Waals surface area (Å²) in [5.41, 5.74) is 0. The second-order valence-corrected chi connectivity index (χ2v) is 5.38. The van der Waals surface area contributed by atoms with Crippen LogP contribution < -0.4 is 5.32 Å². The van der Waals surface area contributed by atoms with Gasteiger partial charge in [-0.25, -0.2) is 0 Å². The number of aliphatic hydroxyl groups is 1. The van der Waals surface area contributed by atoms with Crippen LogP contribution in [-0.4, -0.2) is 34.8 Å². The fraction of sp³-hybridized carbons (Fsp3) is 1.00. The molecule has 76 valence electrons. The molecule has 0 radical (unpaired) electrons. The van der Waals surface area contributed by atoms with Crippen LogP contribution in [0.25, 0.3) is 0 Å². The summed E-state index contributed by atoms with van der Waals surface area (Å²) >= 11 is 2.05. The van der Waals surface area contributed by atoms with Crippen LogP contribution in [0.2, 0.25) is 0 Å². The first-order valence-electron chi connectivity index (χ1n) is 5.38. The number of thioether (sulfide) groups is 1. The lowest BCUT2D eigenvalue weighted by atomic mass is 10.1. The Morgan fingerprint density at radius 3 is 2.46 bits per heavy atom. The summed E-state index contributed by atoms with van der Waals surface area (Å²) in [6.45, 7) is 0. The highest BCUT2D eigenvalue weighted by atomic mass is 32.2. The quantitative estimate of drug-likeness (QED) is 0.708. The smallest absolute Gasteiger partial charge is 0.0693 e. The minimum absolute atomic E-state index is 0.0745. The van der Waals surface area contributed by atoms with E-state index in [4.69, 9.17) is 0 Å². The van der Waals surface area contributed by atoms with E-state index in [-0.39, 0.29) is 6.10 Å². The summed E-state index contributed by atoms with van der Waals surface area (Å²) in [7, 11) is 0. The molecular formula is C10H19NOS. The highest BCUT2D eigenvalue weighted by Crippen LogP contribution is 2.23. The Hall–Kier alpha value is 0.270. The van der Waals surface area contributed by atoms with E-state index in [0.29, 0.717) is 12.1 Å². The van der Waals surface area contributed by atoms with Crippen molar-refractivity contribution in [3.8, 4) is 0 Å². The molecule has 1 heterocycles. The van der Waals surface area contributed by atoms with Crippen molar-refractivity contribution < 1.29 is 5.11 Å². The average Bonchev–Trinajstić information content (AvgIpc) is 2.54. The maximum absolute atomic E-state index is 9.65. The van der Waals surface area contributed by atoms with E-state index in [0.717, 1.165) is 6.42 Å². The molecule has 2 atom stereocenters. The highest BCUT2D eigenvalue weighted by Gasteiger charge is 2.27. The first-order chi connectivity index (χ1) is 6.36. The Labute approximate surface area is 84.5 Å². The molecular weight excluding hydrogens is 182 g/mol. The third kappa shape index (κ3) is 2.61. The van der Waals surface area contributed by atoms with Crippen molar-refractivity contribution in [2.75, 3.05) is 11.5 Å². The minimum atomic E-state index is -0.0745. The second-order valence-electron chi connectivity index (χ2n) is 4.16. The largest absolute Gasteiger partial charge is 0.392 e. The van der Waals surface area contributed by atoms with Crippen molar-refractivity contribution >= 4 is 11.8 Å². The minimum Gasteiger partial charge on any atom is -0.392 e. The van der Waals surface area contributed by atoms with E-state index in [1.165, 1.54) is 37.2 Å². The maximum atomic E-state index is 9.65. The molecule has 0 aromatic carbocycles. The summed E-state index contributed by atoms with van der Waals surface area (Å²) in [6, 6.07) is 1.08. The molecule has 0 aromatic rings. The number of hydrogen-bond donors (Lipinski definition) is 2. The summed E-state index contributed by atoms with van der Waals surface area (Å²) in [5, 5.41) is 13.3. The zero-order valence-electron chi connectivity index (χ0n) is 8.04. The van der Waals surface area contributed by atoms with Crippen molar-refractivity contribution in [1.29, 1.82) is 0 Å². The van der Waals surface area contributed by atoms with Crippen molar-refractivity contribution in [2.24, 2.45) is 0 Å². The molecule has 0 unspecified atom stereocenters. The molecule has 1 aliphatic carbocycles. The van der Waals surface area contributed by atoms with Gasteiger partial charge in [0.25, 0.3) is 0 Å². The summed E-state index contributed by atoms with van der Waals surface area (Å²) in [6.07, 6.45) is 5.86. The third-order valence-corrected chi connectivity index (χ3v) is 4.20. The molecule has 0 bridgehead atoms. The molecule has 1 saturated carbocycles. The van der Waals surface area contributed by atoms with Crippen LogP contribution in [0, 0.1) is 0 Å². The Morgan fingerprint density at radius 2 is 1.85 bits per heavy atom. The molecule has 2 nitrogen and oxygen atoms in total. The maximum Gasteiger partial charge on any atom is 0.0693 e. The number of hydrogen-bond acceptors (Lipinski definition) is 3. The number of nitrogens with one attached hydrogen (secondary N) is 1. The van der Waals surface area contributed by atoms with Crippen LogP contribution >= 0.6 is 11.8 Å². The Balaban J connectivity index is 1.75. The van der Waals surface area contributed by atoms with Gasteiger partial charge >= 0.3 is 0 Å². The van der Waals surface area contributed by atoms with E-state index in [1.807, 2.05) is 0 Å². The summed E-state index contributed by atoms with van der Waals surface area (Å²) in [5.74, 6) is 2.58.